The van der Waals surface area contributed by atoms with Crippen molar-refractivity contribution in [1.82, 2.24) is 4.90 Å². The van der Waals surface area contributed by atoms with E-state index in [1.165, 1.54) is 25.7 Å². The number of ether oxygens (including phenoxy) is 2. The molecule has 0 radical (unpaired) electrons. The van der Waals surface area contributed by atoms with Crippen LogP contribution in [0.5, 0.6) is 11.5 Å². The summed E-state index contributed by atoms with van der Waals surface area (Å²) >= 11 is 0. The van der Waals surface area contributed by atoms with E-state index < -0.39 is 0 Å². The number of benzene rings is 2. The topological polar surface area (TPSA) is 60.4 Å². The van der Waals surface area contributed by atoms with Gasteiger partial charge in [-0.05, 0) is 42.2 Å². The highest BCUT2D eigenvalue weighted by Crippen LogP contribution is 2.29. The Morgan fingerprint density at radius 1 is 1.09 bits per heavy atom. The second-order valence-corrected chi connectivity index (χ2v) is 8.98. The highest BCUT2D eigenvalue weighted by atomic mass is 16.6. The van der Waals surface area contributed by atoms with Crippen molar-refractivity contribution in [3.8, 4) is 11.5 Å². The molecule has 176 valence electrons. The molecule has 0 saturated heterocycles. The summed E-state index contributed by atoms with van der Waals surface area (Å²) in [4.78, 5) is 21.0. The molecule has 1 unspecified atom stereocenters. The lowest BCUT2D eigenvalue weighted by atomic mass is 10.0. The van der Waals surface area contributed by atoms with E-state index in [-0.39, 0.29) is 12.0 Å². The van der Waals surface area contributed by atoms with E-state index in [1.807, 2.05) is 53.4 Å². The minimum Gasteiger partial charge on any atom is -0.497 e. The Morgan fingerprint density at radius 2 is 1.91 bits per heavy atom. The van der Waals surface area contributed by atoms with Crippen LogP contribution in [0.3, 0.4) is 0 Å². The number of nitrogens with zero attached hydrogens (tertiary/aromatic N) is 2. The van der Waals surface area contributed by atoms with Crippen molar-refractivity contribution in [2.24, 2.45) is 11.1 Å². The number of amides is 1. The molecule has 6 nitrogen and oxygen atoms in total. The minimum absolute atomic E-state index is 0.175. The van der Waals surface area contributed by atoms with Gasteiger partial charge in [0.15, 0.2) is 6.10 Å². The van der Waals surface area contributed by atoms with Crippen LogP contribution in [0, 0.1) is 5.92 Å². The Hall–Kier alpha value is -3.02. The van der Waals surface area contributed by atoms with Crippen LogP contribution in [0.15, 0.2) is 53.7 Å². The summed E-state index contributed by atoms with van der Waals surface area (Å²) in [6, 6.07) is 15.7. The van der Waals surface area contributed by atoms with Crippen molar-refractivity contribution in [2.45, 2.75) is 57.6 Å². The van der Waals surface area contributed by atoms with Gasteiger partial charge in [-0.15, -0.1) is 0 Å². The Balaban J connectivity index is 1.43. The summed E-state index contributed by atoms with van der Waals surface area (Å²) in [5, 5.41) is 4.33. The third-order valence-electron chi connectivity index (χ3n) is 6.68. The average Bonchev–Trinajstić information content (AvgIpc) is 3.54. The molecule has 4 rings (SSSR count). The largest absolute Gasteiger partial charge is 0.497 e. The molecule has 2 aliphatic rings. The summed E-state index contributed by atoms with van der Waals surface area (Å²) in [5.74, 6) is 2.45. The quantitative estimate of drug-likeness (QED) is 0.499. The Labute approximate surface area is 196 Å². The Morgan fingerprint density at radius 3 is 2.70 bits per heavy atom. The van der Waals surface area contributed by atoms with E-state index in [1.54, 1.807) is 14.2 Å². The van der Waals surface area contributed by atoms with E-state index in [9.17, 15) is 4.79 Å². The first-order chi connectivity index (χ1) is 16.2. The second-order valence-electron chi connectivity index (χ2n) is 8.98. The van der Waals surface area contributed by atoms with Gasteiger partial charge in [-0.2, -0.15) is 0 Å². The molecule has 1 atom stereocenters. The monoisotopic (exact) mass is 450 g/mol. The normalized spacial score (nSPS) is 18.0. The first-order valence-corrected chi connectivity index (χ1v) is 11.9. The molecule has 1 fully saturated rings. The van der Waals surface area contributed by atoms with Crippen molar-refractivity contribution in [3.63, 3.8) is 0 Å². The van der Waals surface area contributed by atoms with Gasteiger partial charge in [0.1, 0.15) is 11.5 Å². The van der Waals surface area contributed by atoms with Crippen LogP contribution in [0.25, 0.3) is 0 Å². The molecule has 33 heavy (non-hydrogen) atoms. The Kier molecular flexibility index (Phi) is 7.87. The standard InChI is InChI=1S/C27H34N2O4/c1-31-22-11-7-10-21(16-22)18-29(27(30)15-14-20-8-3-4-9-20)19-23-17-25(28-33-23)24-12-5-6-13-26(24)32-2/h5-7,10-13,16,20,23H,3-4,8-9,14-15,17-19H2,1-2H3. The van der Waals surface area contributed by atoms with Crippen molar-refractivity contribution >= 4 is 11.6 Å². The zero-order valence-corrected chi connectivity index (χ0v) is 19.7. The fourth-order valence-corrected chi connectivity index (χ4v) is 4.84. The maximum absolute atomic E-state index is 13.3. The third kappa shape index (κ3) is 6.06. The van der Waals surface area contributed by atoms with Gasteiger partial charge in [-0.25, -0.2) is 0 Å². The van der Waals surface area contributed by atoms with Gasteiger partial charge < -0.3 is 19.2 Å². The van der Waals surface area contributed by atoms with Gasteiger partial charge in [-0.1, -0.05) is 55.1 Å². The fraction of sp³-hybridized carbons (Fsp3) is 0.481. The van der Waals surface area contributed by atoms with E-state index >= 15 is 0 Å². The number of carbonyl (C=O) groups excluding carboxylic acids is 1. The number of oxime groups is 1. The molecule has 2 aromatic carbocycles. The summed E-state index contributed by atoms with van der Waals surface area (Å²) < 4.78 is 10.9. The molecule has 2 aromatic rings. The summed E-state index contributed by atoms with van der Waals surface area (Å²) in [7, 11) is 3.32. The number of para-hydroxylation sites is 1. The van der Waals surface area contributed by atoms with E-state index in [0.29, 0.717) is 31.8 Å². The van der Waals surface area contributed by atoms with Crippen LogP contribution in [0.4, 0.5) is 0 Å². The van der Waals surface area contributed by atoms with E-state index in [2.05, 4.69) is 5.16 Å². The van der Waals surface area contributed by atoms with Crippen LogP contribution in [0.2, 0.25) is 0 Å². The van der Waals surface area contributed by atoms with Gasteiger partial charge in [0.2, 0.25) is 5.91 Å². The molecular weight excluding hydrogens is 416 g/mol. The number of hydrogen-bond acceptors (Lipinski definition) is 5. The highest BCUT2D eigenvalue weighted by Gasteiger charge is 2.28. The van der Waals surface area contributed by atoms with Gasteiger partial charge in [0, 0.05) is 24.9 Å². The lowest BCUT2D eigenvalue weighted by Gasteiger charge is -2.26. The molecule has 0 spiro atoms. The molecule has 0 bridgehead atoms. The van der Waals surface area contributed by atoms with Crippen molar-refractivity contribution < 1.29 is 19.1 Å². The lowest BCUT2D eigenvalue weighted by Crippen LogP contribution is -2.37. The first kappa shape index (κ1) is 23.1. The number of methoxy groups -OCH3 is 2. The average molecular weight is 451 g/mol. The molecular formula is C27H34N2O4. The van der Waals surface area contributed by atoms with E-state index in [0.717, 1.165) is 34.8 Å². The van der Waals surface area contributed by atoms with Gasteiger partial charge in [0.05, 0.1) is 26.5 Å². The molecule has 0 aromatic heterocycles. The smallest absolute Gasteiger partial charge is 0.223 e. The van der Waals surface area contributed by atoms with Gasteiger partial charge in [0.25, 0.3) is 0 Å². The zero-order chi connectivity index (χ0) is 23.0. The van der Waals surface area contributed by atoms with Gasteiger partial charge >= 0.3 is 0 Å². The van der Waals surface area contributed by atoms with Crippen molar-refractivity contribution in [3.05, 3.63) is 59.7 Å². The van der Waals surface area contributed by atoms with Crippen LogP contribution in [-0.4, -0.2) is 43.4 Å². The molecule has 1 heterocycles. The van der Waals surface area contributed by atoms with Crippen molar-refractivity contribution in [1.29, 1.82) is 0 Å². The number of rotatable bonds is 10. The summed E-state index contributed by atoms with van der Waals surface area (Å²) in [5.41, 5.74) is 2.85. The first-order valence-electron chi connectivity index (χ1n) is 11.9. The molecule has 6 heteroatoms. The van der Waals surface area contributed by atoms with Crippen LogP contribution < -0.4 is 9.47 Å². The van der Waals surface area contributed by atoms with Gasteiger partial charge in [-0.3, -0.25) is 4.79 Å². The summed E-state index contributed by atoms with van der Waals surface area (Å²) in [6.07, 6.45) is 7.13. The third-order valence-corrected chi connectivity index (χ3v) is 6.68. The zero-order valence-electron chi connectivity index (χ0n) is 19.7. The predicted octanol–water partition coefficient (Wildman–Crippen LogP) is 5.20. The van der Waals surface area contributed by atoms with Crippen molar-refractivity contribution in [2.75, 3.05) is 20.8 Å². The second kappa shape index (κ2) is 11.2. The minimum atomic E-state index is -0.175. The molecule has 1 aliphatic heterocycles. The summed E-state index contributed by atoms with van der Waals surface area (Å²) in [6.45, 7) is 1.04. The van der Waals surface area contributed by atoms with Crippen LogP contribution >= 0.6 is 0 Å². The maximum Gasteiger partial charge on any atom is 0.223 e. The van der Waals surface area contributed by atoms with E-state index in [4.69, 9.17) is 14.3 Å². The lowest BCUT2D eigenvalue weighted by molar-refractivity contribution is -0.134. The molecule has 1 saturated carbocycles. The SMILES string of the molecule is COc1cccc(CN(CC2CC(c3ccccc3OC)=NO2)C(=O)CCC2CCCC2)c1. The molecule has 0 N–H and O–H groups in total. The highest BCUT2D eigenvalue weighted by molar-refractivity contribution is 6.03. The molecule has 1 aliphatic carbocycles. The predicted molar refractivity (Wildman–Crippen MR) is 129 cm³/mol. The molecule has 1 amide bonds. The van der Waals surface area contributed by atoms with Crippen LogP contribution in [0.1, 0.15) is 56.1 Å². The fourth-order valence-electron chi connectivity index (χ4n) is 4.84. The number of hydrogen-bond donors (Lipinski definition) is 0. The van der Waals surface area contributed by atoms with Crippen LogP contribution in [-0.2, 0) is 16.2 Å². The maximum atomic E-state index is 13.3. The Bertz CT molecular complexity index is 968. The number of carbonyl (C=O) groups is 1.